The van der Waals surface area contributed by atoms with Crippen molar-refractivity contribution < 1.29 is 14.3 Å². The molecular weight excluding hydrogens is 460 g/mol. The van der Waals surface area contributed by atoms with Crippen molar-refractivity contribution in [2.24, 2.45) is 0 Å². The third-order valence-electron chi connectivity index (χ3n) is 5.87. The van der Waals surface area contributed by atoms with Gasteiger partial charge >= 0.3 is 0 Å². The molecule has 3 aromatic rings. The molecule has 0 unspecified atom stereocenters. The van der Waals surface area contributed by atoms with Crippen LogP contribution in [0.1, 0.15) is 37.0 Å². The van der Waals surface area contributed by atoms with E-state index in [2.05, 4.69) is 5.32 Å². The summed E-state index contributed by atoms with van der Waals surface area (Å²) >= 11 is 6.06. The molecule has 2 amide bonds. The number of hydrogen-bond donors (Lipinski definition) is 1. The van der Waals surface area contributed by atoms with E-state index in [9.17, 15) is 9.59 Å². The van der Waals surface area contributed by atoms with Gasteiger partial charge in [-0.15, -0.1) is 0 Å². The molecule has 1 N–H and O–H groups in total. The zero-order valence-corrected chi connectivity index (χ0v) is 21.3. The lowest BCUT2D eigenvalue weighted by Crippen LogP contribution is -2.53. The Morgan fingerprint density at radius 1 is 0.971 bits per heavy atom. The Hall–Kier alpha value is -3.31. The van der Waals surface area contributed by atoms with Gasteiger partial charge in [-0.25, -0.2) is 0 Å². The molecule has 6 heteroatoms. The zero-order chi connectivity index (χ0) is 25.2. The smallest absolute Gasteiger partial charge is 0.261 e. The van der Waals surface area contributed by atoms with Gasteiger partial charge in [-0.1, -0.05) is 84.8 Å². The number of nitrogens with zero attached hydrogens (tertiary/aromatic N) is 1. The highest BCUT2D eigenvalue weighted by atomic mass is 35.5. The Morgan fingerprint density at radius 2 is 1.69 bits per heavy atom. The van der Waals surface area contributed by atoms with Crippen molar-refractivity contribution in [3.05, 3.63) is 101 Å². The summed E-state index contributed by atoms with van der Waals surface area (Å²) in [6, 6.07) is 24.0. The first-order valence-electron chi connectivity index (χ1n) is 11.9. The Bertz CT molecular complexity index is 1120. The number of halogens is 1. The molecule has 35 heavy (non-hydrogen) atoms. The summed E-state index contributed by atoms with van der Waals surface area (Å²) in [5, 5.41) is 3.60. The van der Waals surface area contributed by atoms with Crippen LogP contribution in [0.3, 0.4) is 0 Å². The van der Waals surface area contributed by atoms with E-state index in [4.69, 9.17) is 16.3 Å². The molecule has 0 fully saturated rings. The number of hydrogen-bond acceptors (Lipinski definition) is 3. The summed E-state index contributed by atoms with van der Waals surface area (Å²) in [6.07, 6.45) is 1.20. The van der Waals surface area contributed by atoms with Crippen LogP contribution >= 0.6 is 11.6 Å². The number of carbonyl (C=O) groups excluding carboxylic acids is 2. The first kappa shape index (κ1) is 26.3. The second-order valence-corrected chi connectivity index (χ2v) is 9.22. The van der Waals surface area contributed by atoms with E-state index in [0.717, 1.165) is 23.1 Å². The fraction of sp³-hybridized carbons (Fsp3) is 0.310. The number of amides is 2. The summed E-state index contributed by atoms with van der Waals surface area (Å²) < 4.78 is 5.77. The predicted molar refractivity (Wildman–Crippen MR) is 141 cm³/mol. The third-order valence-corrected chi connectivity index (χ3v) is 6.10. The minimum atomic E-state index is -0.692. The van der Waals surface area contributed by atoms with Crippen molar-refractivity contribution in [1.82, 2.24) is 10.2 Å². The molecule has 0 aliphatic rings. The lowest BCUT2D eigenvalue weighted by atomic mass is 10.0. The normalized spacial score (nSPS) is 12.5. The lowest BCUT2D eigenvalue weighted by molar-refractivity contribution is -0.143. The Balaban J connectivity index is 1.91. The minimum absolute atomic E-state index is 0.000550. The van der Waals surface area contributed by atoms with Crippen LogP contribution in [0.5, 0.6) is 5.75 Å². The molecular formula is C29H33ClN2O3. The maximum Gasteiger partial charge on any atom is 0.261 e. The maximum atomic E-state index is 13.6. The largest absolute Gasteiger partial charge is 0.484 e. The van der Waals surface area contributed by atoms with E-state index < -0.39 is 6.04 Å². The molecule has 0 aromatic heterocycles. The van der Waals surface area contributed by atoms with Crippen LogP contribution in [0.2, 0.25) is 5.02 Å². The zero-order valence-electron chi connectivity index (χ0n) is 20.5. The second-order valence-electron chi connectivity index (χ2n) is 8.78. The molecule has 0 heterocycles. The number of nitrogens with one attached hydrogen (secondary N) is 1. The summed E-state index contributed by atoms with van der Waals surface area (Å²) in [4.78, 5) is 28.7. The van der Waals surface area contributed by atoms with E-state index in [0.29, 0.717) is 23.7 Å². The number of ether oxygens (including phenoxy) is 1. The van der Waals surface area contributed by atoms with E-state index in [-0.39, 0.29) is 24.5 Å². The SMILES string of the molecule is CC[C@H](C)NC(=O)[C@@H](Cc1ccccc1)N(Cc1cccc(C)c1)C(=O)COc1cccc(Cl)c1. The summed E-state index contributed by atoms with van der Waals surface area (Å²) in [5.41, 5.74) is 3.03. The molecule has 184 valence electrons. The quantitative estimate of drug-likeness (QED) is 0.380. The summed E-state index contributed by atoms with van der Waals surface area (Å²) in [7, 11) is 0. The lowest BCUT2D eigenvalue weighted by Gasteiger charge is -2.32. The fourth-order valence-electron chi connectivity index (χ4n) is 3.79. The topological polar surface area (TPSA) is 58.6 Å². The molecule has 3 rings (SSSR count). The first-order chi connectivity index (χ1) is 16.9. The maximum absolute atomic E-state index is 13.6. The van der Waals surface area contributed by atoms with Crippen LogP contribution in [0, 0.1) is 6.92 Å². The van der Waals surface area contributed by atoms with Crippen LogP contribution in [-0.2, 0) is 22.6 Å². The van der Waals surface area contributed by atoms with Crippen molar-refractivity contribution >= 4 is 23.4 Å². The average molecular weight is 493 g/mol. The molecule has 0 spiro atoms. The molecule has 5 nitrogen and oxygen atoms in total. The molecule has 0 bridgehead atoms. The molecule has 3 aromatic carbocycles. The molecule has 0 aliphatic heterocycles. The first-order valence-corrected chi connectivity index (χ1v) is 12.3. The van der Waals surface area contributed by atoms with Gasteiger partial charge < -0.3 is 15.0 Å². The van der Waals surface area contributed by atoms with Gasteiger partial charge in [0, 0.05) is 24.0 Å². The number of benzene rings is 3. The van der Waals surface area contributed by atoms with Crippen molar-refractivity contribution in [2.45, 2.75) is 52.2 Å². The standard InChI is InChI=1S/C29H33ClN2O3/c1-4-22(3)31-29(34)27(17-23-11-6-5-7-12-23)32(19-24-13-8-10-21(2)16-24)28(33)20-35-26-15-9-14-25(30)18-26/h5-16,18,22,27H,4,17,19-20H2,1-3H3,(H,31,34)/t22-,27+/m0/s1. The van der Waals surface area contributed by atoms with Crippen molar-refractivity contribution in [3.8, 4) is 5.75 Å². The van der Waals surface area contributed by atoms with E-state index in [1.807, 2.05) is 75.4 Å². The monoisotopic (exact) mass is 492 g/mol. The van der Waals surface area contributed by atoms with Gasteiger partial charge in [0.05, 0.1) is 0 Å². The minimum Gasteiger partial charge on any atom is -0.484 e. The van der Waals surface area contributed by atoms with Gasteiger partial charge in [-0.05, 0) is 49.6 Å². The summed E-state index contributed by atoms with van der Waals surface area (Å²) in [6.45, 7) is 6.09. The van der Waals surface area contributed by atoms with Gasteiger partial charge in [-0.2, -0.15) is 0 Å². The highest BCUT2D eigenvalue weighted by molar-refractivity contribution is 6.30. The van der Waals surface area contributed by atoms with Crippen molar-refractivity contribution in [2.75, 3.05) is 6.61 Å². The average Bonchev–Trinajstić information content (AvgIpc) is 2.85. The number of aryl methyl sites for hydroxylation is 1. The van der Waals surface area contributed by atoms with Gasteiger partial charge in [0.1, 0.15) is 11.8 Å². The Labute approximate surface area is 213 Å². The second kappa shape index (κ2) is 13.0. The molecule has 0 radical (unpaired) electrons. The molecule has 0 saturated heterocycles. The van der Waals surface area contributed by atoms with Crippen LogP contribution < -0.4 is 10.1 Å². The number of carbonyl (C=O) groups is 2. The van der Waals surface area contributed by atoms with E-state index >= 15 is 0 Å². The highest BCUT2D eigenvalue weighted by Crippen LogP contribution is 2.19. The number of rotatable bonds is 11. The summed E-state index contributed by atoms with van der Waals surface area (Å²) in [5.74, 6) is 0.0590. The van der Waals surface area contributed by atoms with Crippen LogP contribution in [0.4, 0.5) is 0 Å². The molecule has 0 aliphatic carbocycles. The molecule has 0 saturated carbocycles. The Kier molecular flexibility index (Phi) is 9.74. The van der Waals surface area contributed by atoms with Crippen LogP contribution in [0.15, 0.2) is 78.9 Å². The highest BCUT2D eigenvalue weighted by Gasteiger charge is 2.31. The van der Waals surface area contributed by atoms with E-state index in [1.165, 1.54) is 0 Å². The molecule has 2 atom stereocenters. The van der Waals surface area contributed by atoms with Gasteiger partial charge in [0.25, 0.3) is 5.91 Å². The van der Waals surface area contributed by atoms with E-state index in [1.54, 1.807) is 29.2 Å². The van der Waals surface area contributed by atoms with Gasteiger partial charge in [0.2, 0.25) is 5.91 Å². The van der Waals surface area contributed by atoms with Crippen molar-refractivity contribution in [1.29, 1.82) is 0 Å². The predicted octanol–water partition coefficient (Wildman–Crippen LogP) is 5.58. The van der Waals surface area contributed by atoms with Crippen LogP contribution in [-0.4, -0.2) is 35.4 Å². The Morgan fingerprint density at radius 3 is 2.37 bits per heavy atom. The van der Waals surface area contributed by atoms with Crippen LogP contribution in [0.25, 0.3) is 0 Å². The van der Waals surface area contributed by atoms with Gasteiger partial charge in [0.15, 0.2) is 6.61 Å². The fourth-order valence-corrected chi connectivity index (χ4v) is 3.97. The van der Waals surface area contributed by atoms with Crippen molar-refractivity contribution in [3.63, 3.8) is 0 Å². The van der Waals surface area contributed by atoms with Gasteiger partial charge in [-0.3, -0.25) is 9.59 Å². The third kappa shape index (κ3) is 8.15.